The SMILES string of the molecule is C=C1C2C[C@@H](OC(=O)/C=C\C=C\[C@H](O)[C@@H](C)O)[C@]1(C)C1(COC(=O)/C=C(\C)CCO)CCC(C)=CC1O2. The molecule has 0 spiro atoms. The molecule has 0 amide bonds. The van der Waals surface area contributed by atoms with Gasteiger partial charge in [0.25, 0.3) is 0 Å². The van der Waals surface area contributed by atoms with Gasteiger partial charge in [-0.1, -0.05) is 49.0 Å². The fraction of sp³-hybridized carbons (Fsp3) is 0.586. The number of carbonyl (C=O) groups excluding carboxylic acids is 2. The van der Waals surface area contributed by atoms with E-state index in [-0.39, 0.29) is 25.4 Å². The Morgan fingerprint density at radius 2 is 2.03 bits per heavy atom. The minimum Gasteiger partial charge on any atom is -0.462 e. The van der Waals surface area contributed by atoms with Crippen LogP contribution in [0.25, 0.3) is 0 Å². The standard InChI is InChI=1S/C29H40O8/c1-18-10-12-29(17-35-27(34)15-19(2)11-13-30)25(14-18)36-23-16-24(28(29,5)20(23)3)37-26(33)9-7-6-8-22(32)21(4)31/h6-9,14-15,21-25,30-32H,3,10-13,16-17H2,1-2,4-5H3/b8-6+,9-7-,19-15+/t21-,22+,23?,24-,25?,28-,29?/m1/s1. The number of ether oxygens (including phenoxy) is 3. The van der Waals surface area contributed by atoms with Crippen molar-refractivity contribution in [3.05, 3.63) is 59.8 Å². The fourth-order valence-corrected chi connectivity index (χ4v) is 5.67. The van der Waals surface area contributed by atoms with Gasteiger partial charge in [-0.3, -0.25) is 0 Å². The first-order chi connectivity index (χ1) is 17.4. The summed E-state index contributed by atoms with van der Waals surface area (Å²) in [4.78, 5) is 25.3. The lowest BCUT2D eigenvalue weighted by molar-refractivity contribution is -0.181. The summed E-state index contributed by atoms with van der Waals surface area (Å²) in [7, 11) is 0. The Labute approximate surface area is 219 Å². The van der Waals surface area contributed by atoms with Crippen molar-refractivity contribution in [1.82, 2.24) is 0 Å². The van der Waals surface area contributed by atoms with Crippen LogP contribution < -0.4 is 0 Å². The number of aliphatic hydroxyl groups excluding tert-OH is 3. The lowest BCUT2D eigenvalue weighted by Crippen LogP contribution is -2.60. The van der Waals surface area contributed by atoms with Gasteiger partial charge in [0.1, 0.15) is 12.7 Å². The maximum absolute atomic E-state index is 12.7. The van der Waals surface area contributed by atoms with Crippen LogP contribution in [0.2, 0.25) is 0 Å². The van der Waals surface area contributed by atoms with E-state index in [1.807, 2.05) is 6.92 Å². The Kier molecular flexibility index (Phi) is 9.34. The quantitative estimate of drug-likeness (QED) is 0.175. The Balaban J connectivity index is 1.84. The van der Waals surface area contributed by atoms with Crippen LogP contribution in [0.1, 0.15) is 53.4 Å². The summed E-state index contributed by atoms with van der Waals surface area (Å²) in [6.45, 7) is 11.7. The molecule has 3 rings (SSSR count). The third kappa shape index (κ3) is 5.98. The molecule has 8 heteroatoms. The zero-order valence-electron chi connectivity index (χ0n) is 22.2. The predicted molar refractivity (Wildman–Crippen MR) is 138 cm³/mol. The van der Waals surface area contributed by atoms with Crippen molar-refractivity contribution < 1.29 is 39.1 Å². The highest BCUT2D eigenvalue weighted by Crippen LogP contribution is 2.65. The molecule has 37 heavy (non-hydrogen) atoms. The molecule has 7 atom stereocenters. The van der Waals surface area contributed by atoms with E-state index in [0.717, 1.165) is 17.6 Å². The molecule has 3 N–H and O–H groups in total. The Bertz CT molecular complexity index is 1010. The second-order valence-electron chi connectivity index (χ2n) is 10.7. The number of hydrogen-bond acceptors (Lipinski definition) is 8. The van der Waals surface area contributed by atoms with E-state index in [9.17, 15) is 19.8 Å². The molecule has 3 aliphatic rings. The van der Waals surface area contributed by atoms with Gasteiger partial charge in [-0.2, -0.15) is 0 Å². The first-order valence-electron chi connectivity index (χ1n) is 12.8. The highest BCUT2D eigenvalue weighted by Gasteiger charge is 2.68. The molecular formula is C29H40O8. The molecular weight excluding hydrogens is 476 g/mol. The van der Waals surface area contributed by atoms with Crippen molar-refractivity contribution in [2.24, 2.45) is 10.8 Å². The Morgan fingerprint density at radius 1 is 1.30 bits per heavy atom. The molecule has 2 aliphatic carbocycles. The first kappa shape index (κ1) is 29.0. The second kappa shape index (κ2) is 11.9. The zero-order valence-corrected chi connectivity index (χ0v) is 22.2. The number of carbonyl (C=O) groups is 2. The van der Waals surface area contributed by atoms with E-state index in [1.54, 1.807) is 6.92 Å². The molecule has 204 valence electrons. The van der Waals surface area contributed by atoms with Gasteiger partial charge in [-0.05, 0) is 45.6 Å². The van der Waals surface area contributed by atoms with Crippen LogP contribution in [-0.2, 0) is 23.8 Å². The molecule has 0 aromatic heterocycles. The van der Waals surface area contributed by atoms with Crippen molar-refractivity contribution in [1.29, 1.82) is 0 Å². The van der Waals surface area contributed by atoms with Crippen LogP contribution in [0, 0.1) is 10.8 Å². The summed E-state index contributed by atoms with van der Waals surface area (Å²) in [6.07, 6.45) is 8.32. The molecule has 2 bridgehead atoms. The monoisotopic (exact) mass is 516 g/mol. The highest BCUT2D eigenvalue weighted by atomic mass is 16.6. The van der Waals surface area contributed by atoms with Crippen LogP contribution in [0.5, 0.6) is 0 Å². The molecule has 0 aromatic rings. The molecule has 1 aliphatic heterocycles. The summed E-state index contributed by atoms with van der Waals surface area (Å²) >= 11 is 0. The summed E-state index contributed by atoms with van der Waals surface area (Å²) < 4.78 is 18.2. The van der Waals surface area contributed by atoms with Gasteiger partial charge in [-0.25, -0.2) is 9.59 Å². The number of rotatable bonds is 10. The summed E-state index contributed by atoms with van der Waals surface area (Å²) in [6, 6.07) is 0. The molecule has 1 heterocycles. The minimum atomic E-state index is -1.03. The topological polar surface area (TPSA) is 123 Å². The first-order valence-corrected chi connectivity index (χ1v) is 12.8. The number of allylic oxidation sites excluding steroid dienone is 3. The summed E-state index contributed by atoms with van der Waals surface area (Å²) in [5.41, 5.74) is 1.40. The van der Waals surface area contributed by atoms with E-state index in [2.05, 4.69) is 19.6 Å². The van der Waals surface area contributed by atoms with Gasteiger partial charge in [0.05, 0.1) is 24.4 Å². The lowest BCUT2D eigenvalue weighted by Gasteiger charge is -2.56. The van der Waals surface area contributed by atoms with E-state index in [0.29, 0.717) is 19.3 Å². The number of aliphatic hydroxyl groups is 3. The van der Waals surface area contributed by atoms with Crippen LogP contribution in [0.15, 0.2) is 59.8 Å². The molecule has 1 saturated heterocycles. The molecule has 0 radical (unpaired) electrons. The smallest absolute Gasteiger partial charge is 0.331 e. The van der Waals surface area contributed by atoms with E-state index in [4.69, 9.17) is 19.3 Å². The van der Waals surface area contributed by atoms with Gasteiger partial charge in [0, 0.05) is 36.0 Å². The van der Waals surface area contributed by atoms with Crippen molar-refractivity contribution in [2.45, 2.75) is 83.9 Å². The maximum atomic E-state index is 12.7. The van der Waals surface area contributed by atoms with Crippen molar-refractivity contribution in [3.63, 3.8) is 0 Å². The third-order valence-electron chi connectivity index (χ3n) is 8.17. The van der Waals surface area contributed by atoms with E-state index < -0.39 is 41.1 Å². The third-order valence-corrected chi connectivity index (χ3v) is 8.17. The average Bonchev–Trinajstić information content (AvgIpc) is 3.00. The van der Waals surface area contributed by atoms with Crippen LogP contribution in [0.4, 0.5) is 0 Å². The second-order valence-corrected chi connectivity index (χ2v) is 10.7. The predicted octanol–water partition coefficient (Wildman–Crippen LogP) is 3.08. The molecule has 3 unspecified atom stereocenters. The number of esters is 2. The highest BCUT2D eigenvalue weighted by molar-refractivity contribution is 5.83. The van der Waals surface area contributed by atoms with Gasteiger partial charge < -0.3 is 29.5 Å². The summed E-state index contributed by atoms with van der Waals surface area (Å²) in [5, 5.41) is 28.1. The fourth-order valence-electron chi connectivity index (χ4n) is 5.67. The largest absolute Gasteiger partial charge is 0.462 e. The number of hydrogen-bond donors (Lipinski definition) is 3. The van der Waals surface area contributed by atoms with E-state index in [1.165, 1.54) is 42.9 Å². The normalized spacial score (nSPS) is 33.3. The van der Waals surface area contributed by atoms with Crippen molar-refractivity contribution >= 4 is 11.9 Å². The van der Waals surface area contributed by atoms with Crippen molar-refractivity contribution in [2.75, 3.05) is 13.2 Å². The maximum Gasteiger partial charge on any atom is 0.331 e. The van der Waals surface area contributed by atoms with Gasteiger partial charge in [-0.15, -0.1) is 0 Å². The Hall–Kier alpha value is -2.52. The van der Waals surface area contributed by atoms with Gasteiger partial charge in [0.15, 0.2) is 0 Å². The molecule has 0 aromatic carbocycles. The number of fused-ring (bicyclic) bond motifs is 4. The van der Waals surface area contributed by atoms with Crippen LogP contribution >= 0.6 is 0 Å². The molecule has 8 nitrogen and oxygen atoms in total. The van der Waals surface area contributed by atoms with Crippen LogP contribution in [-0.4, -0.2) is 71.0 Å². The lowest BCUT2D eigenvalue weighted by atomic mass is 9.53. The molecule has 2 fully saturated rings. The average molecular weight is 517 g/mol. The minimum absolute atomic E-state index is 0.0444. The van der Waals surface area contributed by atoms with E-state index >= 15 is 0 Å². The summed E-state index contributed by atoms with van der Waals surface area (Å²) in [5.74, 6) is -1.03. The zero-order chi connectivity index (χ0) is 27.4. The van der Waals surface area contributed by atoms with Gasteiger partial charge in [0.2, 0.25) is 0 Å². The van der Waals surface area contributed by atoms with Crippen LogP contribution in [0.3, 0.4) is 0 Å². The Morgan fingerprint density at radius 3 is 2.70 bits per heavy atom. The molecule has 1 saturated carbocycles. The van der Waals surface area contributed by atoms with Gasteiger partial charge >= 0.3 is 11.9 Å². The van der Waals surface area contributed by atoms with Crippen molar-refractivity contribution in [3.8, 4) is 0 Å².